The van der Waals surface area contributed by atoms with Crippen molar-refractivity contribution in [1.82, 2.24) is 4.90 Å². The quantitative estimate of drug-likeness (QED) is 0.670. The van der Waals surface area contributed by atoms with Crippen LogP contribution in [-0.4, -0.2) is 29.2 Å². The van der Waals surface area contributed by atoms with Gasteiger partial charge in [0.25, 0.3) is 0 Å². The lowest BCUT2D eigenvalue weighted by molar-refractivity contribution is -0.140. The molecule has 1 aliphatic heterocycles. The van der Waals surface area contributed by atoms with Gasteiger partial charge >= 0.3 is 0 Å². The molecule has 2 saturated carbocycles. The largest absolute Gasteiger partial charge is 0.326 e. The molecule has 3 amide bonds. The lowest BCUT2D eigenvalue weighted by Gasteiger charge is -2.37. The maximum absolute atomic E-state index is 12.9. The van der Waals surface area contributed by atoms with Gasteiger partial charge in [-0.05, 0) is 54.7 Å². The van der Waals surface area contributed by atoms with Crippen LogP contribution in [0.2, 0.25) is 0 Å². The molecule has 5 heteroatoms. The van der Waals surface area contributed by atoms with Gasteiger partial charge < -0.3 is 5.32 Å². The standard InChI is InChI=1S/C21H22N2O3/c1-11-3-2-4-12(9-11)22-17(24)7-8-23-20(25)18-13-5-6-14(16-10-15(13)16)19(18)21(23)26/h2-6,9,13-16,18-19H,7-8,10H2,1H3,(H,22,24)/t13-,14-,15-,16-,18+,19+/m0/s1. The number of likely N-dealkylation sites (tertiary alicyclic amines) is 1. The fourth-order valence-corrected chi connectivity index (χ4v) is 5.40. The Labute approximate surface area is 152 Å². The van der Waals surface area contributed by atoms with E-state index < -0.39 is 0 Å². The molecule has 5 nitrogen and oxygen atoms in total. The van der Waals surface area contributed by atoms with Crippen molar-refractivity contribution in [3.63, 3.8) is 0 Å². The lowest BCUT2D eigenvalue weighted by Crippen LogP contribution is -2.40. The van der Waals surface area contributed by atoms with E-state index in [9.17, 15) is 14.4 Å². The zero-order chi connectivity index (χ0) is 18.0. The fraction of sp³-hybridized carbons (Fsp3) is 0.476. The van der Waals surface area contributed by atoms with Crippen molar-refractivity contribution >= 4 is 23.4 Å². The van der Waals surface area contributed by atoms with Crippen molar-refractivity contribution in [2.75, 3.05) is 11.9 Å². The van der Waals surface area contributed by atoms with E-state index in [4.69, 9.17) is 0 Å². The van der Waals surface area contributed by atoms with Gasteiger partial charge in [0.05, 0.1) is 11.8 Å². The predicted molar refractivity (Wildman–Crippen MR) is 95.8 cm³/mol. The minimum absolute atomic E-state index is 0.0620. The smallest absolute Gasteiger partial charge is 0.233 e. The Balaban J connectivity index is 1.25. The van der Waals surface area contributed by atoms with Gasteiger partial charge in [-0.25, -0.2) is 0 Å². The number of benzene rings is 1. The highest BCUT2D eigenvalue weighted by Gasteiger charge is 2.66. The van der Waals surface area contributed by atoms with Crippen LogP contribution >= 0.6 is 0 Å². The molecule has 0 spiro atoms. The molecule has 4 aliphatic carbocycles. The van der Waals surface area contributed by atoms with Gasteiger partial charge in [-0.2, -0.15) is 0 Å². The first-order valence-electron chi connectivity index (χ1n) is 9.44. The Kier molecular flexibility index (Phi) is 3.36. The maximum atomic E-state index is 12.9. The molecule has 6 atom stereocenters. The number of carbonyl (C=O) groups is 3. The monoisotopic (exact) mass is 350 g/mol. The van der Waals surface area contributed by atoms with E-state index in [0.29, 0.717) is 11.8 Å². The number of nitrogens with one attached hydrogen (secondary N) is 1. The predicted octanol–water partition coefficient (Wildman–Crippen LogP) is 2.38. The van der Waals surface area contributed by atoms with Gasteiger partial charge in [0.2, 0.25) is 17.7 Å². The molecule has 1 aromatic rings. The molecule has 2 bridgehead atoms. The molecule has 1 N–H and O–H groups in total. The second kappa shape index (κ2) is 5.53. The summed E-state index contributed by atoms with van der Waals surface area (Å²) in [6, 6.07) is 7.58. The molecular weight excluding hydrogens is 328 g/mol. The molecule has 134 valence electrons. The second-order valence-corrected chi connectivity index (χ2v) is 8.15. The number of imide groups is 1. The van der Waals surface area contributed by atoms with E-state index in [1.165, 1.54) is 4.90 Å². The Morgan fingerprint density at radius 3 is 2.38 bits per heavy atom. The highest BCUT2D eigenvalue weighted by molar-refractivity contribution is 6.06. The zero-order valence-corrected chi connectivity index (χ0v) is 14.7. The van der Waals surface area contributed by atoms with Gasteiger partial charge in [0.15, 0.2) is 0 Å². The number of hydrogen-bond acceptors (Lipinski definition) is 3. The van der Waals surface area contributed by atoms with E-state index in [0.717, 1.165) is 17.7 Å². The summed E-state index contributed by atoms with van der Waals surface area (Å²) < 4.78 is 0. The number of nitrogens with zero attached hydrogens (tertiary/aromatic N) is 1. The van der Waals surface area contributed by atoms with Crippen LogP contribution in [0.15, 0.2) is 36.4 Å². The molecule has 26 heavy (non-hydrogen) atoms. The highest BCUT2D eigenvalue weighted by Crippen LogP contribution is 2.65. The van der Waals surface area contributed by atoms with Crippen molar-refractivity contribution in [2.24, 2.45) is 35.5 Å². The Morgan fingerprint density at radius 2 is 1.77 bits per heavy atom. The molecule has 3 fully saturated rings. The normalized spacial score (nSPS) is 36.1. The number of allylic oxidation sites excluding steroid dienone is 2. The SMILES string of the molecule is Cc1cccc(NC(=O)CCN2C(=O)[C@@H]3[C@H]4C=C[C@@H]([C@@H]5C[C@@H]45)[C@H]3C2=O)c1. The van der Waals surface area contributed by atoms with Crippen molar-refractivity contribution in [3.05, 3.63) is 42.0 Å². The van der Waals surface area contributed by atoms with E-state index in [1.54, 1.807) is 0 Å². The lowest BCUT2D eigenvalue weighted by atomic mass is 9.63. The van der Waals surface area contributed by atoms with Gasteiger partial charge in [-0.3, -0.25) is 19.3 Å². The van der Waals surface area contributed by atoms with Crippen molar-refractivity contribution in [1.29, 1.82) is 0 Å². The molecule has 6 rings (SSSR count). The summed E-state index contributed by atoms with van der Waals surface area (Å²) in [6.07, 6.45) is 5.63. The van der Waals surface area contributed by atoms with Crippen molar-refractivity contribution < 1.29 is 14.4 Å². The van der Waals surface area contributed by atoms with E-state index in [-0.39, 0.29) is 54.4 Å². The number of amides is 3. The first-order chi connectivity index (χ1) is 12.5. The van der Waals surface area contributed by atoms with E-state index in [1.807, 2.05) is 31.2 Å². The number of aryl methyl sites for hydroxylation is 1. The number of hydrogen-bond donors (Lipinski definition) is 1. The molecule has 0 aromatic heterocycles. The summed E-state index contributed by atoms with van der Waals surface area (Å²) in [6.45, 7) is 2.14. The minimum Gasteiger partial charge on any atom is -0.326 e. The number of anilines is 1. The highest BCUT2D eigenvalue weighted by atomic mass is 16.2. The van der Waals surface area contributed by atoms with Crippen LogP contribution in [0.3, 0.4) is 0 Å². The van der Waals surface area contributed by atoms with Crippen LogP contribution in [0.25, 0.3) is 0 Å². The fourth-order valence-electron chi connectivity index (χ4n) is 5.40. The summed E-state index contributed by atoms with van der Waals surface area (Å²) in [5.41, 5.74) is 1.81. The van der Waals surface area contributed by atoms with Gasteiger partial charge in [0, 0.05) is 18.7 Å². The Bertz CT molecular complexity index is 809. The average molecular weight is 350 g/mol. The van der Waals surface area contributed by atoms with Crippen LogP contribution in [0, 0.1) is 42.4 Å². The minimum atomic E-state index is -0.180. The molecule has 0 unspecified atom stereocenters. The van der Waals surface area contributed by atoms with Crippen LogP contribution in [0.5, 0.6) is 0 Å². The second-order valence-electron chi connectivity index (χ2n) is 8.15. The third-order valence-electron chi connectivity index (χ3n) is 6.62. The van der Waals surface area contributed by atoms with Crippen molar-refractivity contribution in [2.45, 2.75) is 19.8 Å². The number of rotatable bonds is 4. The van der Waals surface area contributed by atoms with E-state index in [2.05, 4.69) is 17.5 Å². The molecular formula is C21H22N2O3. The summed E-state index contributed by atoms with van der Waals surface area (Å²) in [4.78, 5) is 39.3. The third kappa shape index (κ3) is 2.26. The summed E-state index contributed by atoms with van der Waals surface area (Å²) in [7, 11) is 0. The van der Waals surface area contributed by atoms with Gasteiger partial charge in [-0.15, -0.1) is 0 Å². The summed E-state index contributed by atoms with van der Waals surface area (Å²) >= 11 is 0. The van der Waals surface area contributed by atoms with E-state index >= 15 is 0 Å². The summed E-state index contributed by atoms with van der Waals surface area (Å²) in [5.74, 6) is 1.02. The average Bonchev–Trinajstić information content (AvgIpc) is 3.39. The molecule has 1 saturated heterocycles. The topological polar surface area (TPSA) is 66.5 Å². The molecule has 1 heterocycles. The van der Waals surface area contributed by atoms with Crippen LogP contribution in [-0.2, 0) is 14.4 Å². The van der Waals surface area contributed by atoms with Crippen molar-refractivity contribution in [3.8, 4) is 0 Å². The first kappa shape index (κ1) is 15.8. The van der Waals surface area contributed by atoms with Crippen LogP contribution < -0.4 is 5.32 Å². The zero-order valence-electron chi connectivity index (χ0n) is 14.7. The molecule has 0 radical (unpaired) electrons. The molecule has 1 aromatic carbocycles. The summed E-state index contributed by atoms with van der Waals surface area (Å²) in [5, 5.41) is 2.84. The number of carbonyl (C=O) groups excluding carboxylic acids is 3. The van der Waals surface area contributed by atoms with Gasteiger partial charge in [0.1, 0.15) is 0 Å². The third-order valence-corrected chi connectivity index (χ3v) is 6.62. The van der Waals surface area contributed by atoms with Crippen LogP contribution in [0.4, 0.5) is 5.69 Å². The maximum Gasteiger partial charge on any atom is 0.233 e. The first-order valence-corrected chi connectivity index (χ1v) is 9.44. The molecule has 5 aliphatic rings. The Hall–Kier alpha value is -2.43. The Morgan fingerprint density at radius 1 is 1.12 bits per heavy atom. The van der Waals surface area contributed by atoms with Gasteiger partial charge in [-0.1, -0.05) is 24.3 Å². The van der Waals surface area contributed by atoms with Crippen LogP contribution in [0.1, 0.15) is 18.4 Å².